The van der Waals surface area contributed by atoms with E-state index in [1.807, 2.05) is 13.8 Å². The van der Waals surface area contributed by atoms with Crippen LogP contribution in [0.4, 0.5) is 0 Å². The van der Waals surface area contributed by atoms with E-state index in [0.29, 0.717) is 32.1 Å². The minimum atomic E-state index is -1.10. The summed E-state index contributed by atoms with van der Waals surface area (Å²) >= 11 is 0. The second-order valence-electron chi connectivity index (χ2n) is 11.9. The Hall–Kier alpha value is -1.73. The number of fused-ring (bicyclic) bond motifs is 3. The SMILES string of the molecule is CC(C)OC(=O)[C@@H]1CC2=CC(=O)CC[C@]2(C)C23O[C@H]2C[C@@]2(C)C(CC[C@@]2(O)CCC(=O)O)C13. The molecule has 4 fully saturated rings. The van der Waals surface area contributed by atoms with Crippen molar-refractivity contribution < 1.29 is 34.1 Å². The third kappa shape index (κ3) is 2.97. The van der Waals surface area contributed by atoms with Crippen LogP contribution in [0.3, 0.4) is 0 Å². The molecule has 0 aromatic rings. The van der Waals surface area contributed by atoms with Crippen LogP contribution in [0, 0.1) is 28.6 Å². The van der Waals surface area contributed by atoms with Gasteiger partial charge >= 0.3 is 11.9 Å². The van der Waals surface area contributed by atoms with E-state index in [0.717, 1.165) is 12.0 Å². The molecule has 1 spiro atoms. The summed E-state index contributed by atoms with van der Waals surface area (Å²) in [6.07, 6.45) is 5.10. The molecule has 7 heteroatoms. The van der Waals surface area contributed by atoms with E-state index in [4.69, 9.17) is 9.47 Å². The quantitative estimate of drug-likeness (QED) is 0.477. The van der Waals surface area contributed by atoms with Gasteiger partial charge in [-0.2, -0.15) is 0 Å². The van der Waals surface area contributed by atoms with Gasteiger partial charge in [-0.15, -0.1) is 0 Å². The Morgan fingerprint density at radius 1 is 1.27 bits per heavy atom. The smallest absolute Gasteiger partial charge is 0.309 e. The Morgan fingerprint density at radius 2 is 2.00 bits per heavy atom. The molecule has 182 valence electrons. The van der Waals surface area contributed by atoms with Gasteiger partial charge in [-0.3, -0.25) is 14.4 Å². The second-order valence-corrected chi connectivity index (χ2v) is 11.9. The maximum Gasteiger partial charge on any atom is 0.309 e. The average Bonchev–Trinajstić information content (AvgIpc) is 3.38. The Morgan fingerprint density at radius 3 is 2.67 bits per heavy atom. The molecule has 1 heterocycles. The Labute approximate surface area is 194 Å². The molecular formula is C26H36O7. The van der Waals surface area contributed by atoms with Crippen molar-refractivity contribution in [2.24, 2.45) is 28.6 Å². The Kier molecular flexibility index (Phi) is 4.98. The van der Waals surface area contributed by atoms with Crippen LogP contribution in [0.1, 0.15) is 79.1 Å². The van der Waals surface area contributed by atoms with Crippen molar-refractivity contribution in [3.05, 3.63) is 11.6 Å². The predicted molar refractivity (Wildman–Crippen MR) is 118 cm³/mol. The zero-order chi connectivity index (χ0) is 24.0. The molecule has 8 atom stereocenters. The molecule has 1 aliphatic heterocycles. The normalized spacial score (nSPS) is 47.7. The first kappa shape index (κ1) is 23.0. The van der Waals surface area contributed by atoms with Crippen LogP contribution in [-0.2, 0) is 23.9 Å². The van der Waals surface area contributed by atoms with E-state index in [9.17, 15) is 24.6 Å². The van der Waals surface area contributed by atoms with Gasteiger partial charge in [0, 0.05) is 29.6 Å². The summed E-state index contributed by atoms with van der Waals surface area (Å²) in [4.78, 5) is 37.0. The molecular weight excluding hydrogens is 424 g/mol. The van der Waals surface area contributed by atoms with Gasteiger partial charge in [-0.1, -0.05) is 19.4 Å². The largest absolute Gasteiger partial charge is 0.481 e. The zero-order valence-electron chi connectivity index (χ0n) is 20.1. The van der Waals surface area contributed by atoms with E-state index in [2.05, 4.69) is 13.8 Å². The number of ether oxygens (including phenoxy) is 2. The maximum absolute atomic E-state index is 13.4. The van der Waals surface area contributed by atoms with Gasteiger partial charge in [0.15, 0.2) is 5.78 Å². The molecule has 0 aromatic heterocycles. The first-order chi connectivity index (χ1) is 15.4. The highest BCUT2D eigenvalue weighted by Gasteiger charge is 2.82. The minimum Gasteiger partial charge on any atom is -0.481 e. The molecule has 0 amide bonds. The number of hydrogen-bond donors (Lipinski definition) is 2. The molecule has 5 aliphatic rings. The number of ketones is 1. The number of carboxylic acid groups (broad SMARTS) is 1. The Balaban J connectivity index is 1.58. The summed E-state index contributed by atoms with van der Waals surface area (Å²) < 4.78 is 12.3. The number of aliphatic carboxylic acids is 1. The van der Waals surface area contributed by atoms with Gasteiger partial charge in [0.05, 0.1) is 23.7 Å². The molecule has 4 aliphatic carbocycles. The lowest BCUT2D eigenvalue weighted by atomic mass is 9.43. The lowest BCUT2D eigenvalue weighted by Crippen LogP contribution is -2.63. The molecule has 3 unspecified atom stereocenters. The predicted octanol–water partition coefficient (Wildman–Crippen LogP) is 3.42. The summed E-state index contributed by atoms with van der Waals surface area (Å²) in [6, 6.07) is 0. The van der Waals surface area contributed by atoms with E-state index in [-0.39, 0.29) is 54.1 Å². The minimum absolute atomic E-state index is 0.0239. The number of rotatable bonds is 5. The lowest BCUT2D eigenvalue weighted by Gasteiger charge is -2.58. The number of carbonyl (C=O) groups excluding carboxylic acids is 2. The van der Waals surface area contributed by atoms with E-state index < -0.39 is 28.5 Å². The maximum atomic E-state index is 13.4. The van der Waals surface area contributed by atoms with E-state index >= 15 is 0 Å². The van der Waals surface area contributed by atoms with E-state index in [1.54, 1.807) is 6.08 Å². The van der Waals surface area contributed by atoms with Crippen LogP contribution in [0.5, 0.6) is 0 Å². The van der Waals surface area contributed by atoms with Gasteiger partial charge in [0.2, 0.25) is 0 Å². The number of hydrogen-bond acceptors (Lipinski definition) is 6. The van der Waals surface area contributed by atoms with Crippen molar-refractivity contribution >= 4 is 17.7 Å². The molecule has 33 heavy (non-hydrogen) atoms. The number of esters is 1. The first-order valence-electron chi connectivity index (χ1n) is 12.4. The zero-order valence-corrected chi connectivity index (χ0v) is 20.1. The highest BCUT2D eigenvalue weighted by atomic mass is 16.6. The van der Waals surface area contributed by atoms with Crippen LogP contribution in [0.25, 0.3) is 0 Å². The summed E-state index contributed by atoms with van der Waals surface area (Å²) in [5.74, 6) is -1.59. The molecule has 0 radical (unpaired) electrons. The van der Waals surface area contributed by atoms with Crippen molar-refractivity contribution in [1.29, 1.82) is 0 Å². The molecule has 1 saturated heterocycles. The van der Waals surface area contributed by atoms with Gasteiger partial charge in [-0.05, 0) is 64.4 Å². The van der Waals surface area contributed by atoms with Crippen molar-refractivity contribution in [2.45, 2.75) is 102 Å². The fourth-order valence-electron chi connectivity index (χ4n) is 8.39. The first-order valence-corrected chi connectivity index (χ1v) is 12.4. The van der Waals surface area contributed by atoms with Crippen molar-refractivity contribution in [2.75, 3.05) is 0 Å². The Bertz CT molecular complexity index is 939. The van der Waals surface area contributed by atoms with Crippen LogP contribution in [-0.4, -0.2) is 51.3 Å². The third-order valence-corrected chi connectivity index (χ3v) is 10.1. The van der Waals surface area contributed by atoms with Crippen molar-refractivity contribution in [1.82, 2.24) is 0 Å². The molecule has 7 nitrogen and oxygen atoms in total. The summed E-state index contributed by atoms with van der Waals surface area (Å²) in [6.45, 7) is 7.94. The number of aliphatic hydroxyl groups is 1. The number of carbonyl (C=O) groups is 3. The fourth-order valence-corrected chi connectivity index (χ4v) is 8.39. The topological polar surface area (TPSA) is 113 Å². The highest BCUT2D eigenvalue weighted by Crippen LogP contribution is 2.77. The summed E-state index contributed by atoms with van der Waals surface area (Å²) in [5, 5.41) is 21.0. The molecule has 5 rings (SSSR count). The summed E-state index contributed by atoms with van der Waals surface area (Å²) in [5.41, 5.74) is -1.46. The van der Waals surface area contributed by atoms with Gasteiger partial charge in [0.1, 0.15) is 5.60 Å². The number of epoxide rings is 1. The van der Waals surface area contributed by atoms with Crippen LogP contribution < -0.4 is 0 Å². The fraction of sp³-hybridized carbons (Fsp3) is 0.808. The molecule has 3 saturated carbocycles. The van der Waals surface area contributed by atoms with Crippen molar-refractivity contribution in [3.63, 3.8) is 0 Å². The van der Waals surface area contributed by atoms with Crippen LogP contribution in [0.15, 0.2) is 11.6 Å². The average molecular weight is 461 g/mol. The highest BCUT2D eigenvalue weighted by molar-refractivity contribution is 5.92. The number of carboxylic acids is 1. The van der Waals surface area contributed by atoms with Crippen molar-refractivity contribution in [3.8, 4) is 0 Å². The monoisotopic (exact) mass is 460 g/mol. The van der Waals surface area contributed by atoms with E-state index in [1.165, 1.54) is 0 Å². The lowest BCUT2D eigenvalue weighted by molar-refractivity contribution is -0.169. The summed E-state index contributed by atoms with van der Waals surface area (Å²) in [7, 11) is 0. The van der Waals surface area contributed by atoms with Crippen LogP contribution >= 0.6 is 0 Å². The van der Waals surface area contributed by atoms with Gasteiger partial charge in [-0.25, -0.2) is 0 Å². The molecule has 2 N–H and O–H groups in total. The van der Waals surface area contributed by atoms with Gasteiger partial charge < -0.3 is 19.7 Å². The molecule has 0 aromatic carbocycles. The van der Waals surface area contributed by atoms with Crippen LogP contribution in [0.2, 0.25) is 0 Å². The van der Waals surface area contributed by atoms with Gasteiger partial charge in [0.25, 0.3) is 0 Å². The third-order valence-electron chi connectivity index (χ3n) is 10.1. The standard InChI is InChI=1S/C26H36O7/c1-14(2)32-22(30)17-12-15-11-16(27)5-8-23(15,3)26-19(33-26)13-24(4)18(21(17)26)6-9-25(24,31)10-7-20(28)29/h11,14,17-19,21,31H,5-10,12-13H2,1-4H3,(H,28,29)/t17-,18?,19+,21?,23+,24+,25-,26?/m1/s1. The second kappa shape index (κ2) is 7.14. The molecule has 0 bridgehead atoms.